The SMILES string of the molecule is Cc1cc(C)c2oc(-c3ccc(Cl)c(NC(=O)C=Cc4ccc(-c5cccc(Cl)c5Cl)o4)c3)nc2c1. The Labute approximate surface area is 222 Å². The quantitative estimate of drug-likeness (QED) is 0.227. The molecule has 1 N–H and O–H groups in total. The number of aryl methyl sites for hydroxylation is 2. The lowest BCUT2D eigenvalue weighted by Gasteiger charge is -2.06. The van der Waals surface area contributed by atoms with Gasteiger partial charge in [0.05, 0.1) is 20.8 Å². The number of rotatable bonds is 5. The van der Waals surface area contributed by atoms with Crippen molar-refractivity contribution >= 4 is 63.6 Å². The highest BCUT2D eigenvalue weighted by molar-refractivity contribution is 6.43. The molecule has 2 heterocycles. The molecule has 2 aromatic heterocycles. The smallest absolute Gasteiger partial charge is 0.248 e. The standard InChI is InChI=1S/C28H19Cl3N2O3/c1-15-12-16(2)27-23(13-15)33-28(36-27)17-6-9-20(29)22(14-17)32-25(34)11-8-18-7-10-24(35-18)19-4-3-5-21(30)26(19)31/h3-14H,1-2H3,(H,32,34). The molecule has 8 heteroatoms. The number of furan rings is 1. The topological polar surface area (TPSA) is 68.3 Å². The second-order valence-electron chi connectivity index (χ2n) is 8.27. The third-order valence-electron chi connectivity index (χ3n) is 5.53. The Hall–Kier alpha value is -3.51. The second kappa shape index (κ2) is 9.86. The van der Waals surface area contributed by atoms with Gasteiger partial charge in [-0.15, -0.1) is 0 Å². The fourth-order valence-corrected chi connectivity index (χ4v) is 4.43. The number of fused-ring (bicyclic) bond motifs is 1. The first-order valence-electron chi connectivity index (χ1n) is 11.0. The molecular formula is C28H19Cl3N2O3. The van der Waals surface area contributed by atoms with Gasteiger partial charge in [-0.1, -0.05) is 46.9 Å². The number of hydrogen-bond donors (Lipinski definition) is 1. The van der Waals surface area contributed by atoms with E-state index in [0.717, 1.165) is 22.2 Å². The van der Waals surface area contributed by atoms with Gasteiger partial charge in [0.2, 0.25) is 11.8 Å². The minimum absolute atomic E-state index is 0.378. The fourth-order valence-electron chi connectivity index (χ4n) is 3.87. The number of halogens is 3. The monoisotopic (exact) mass is 536 g/mol. The average molecular weight is 538 g/mol. The van der Waals surface area contributed by atoms with Crippen LogP contribution in [-0.2, 0) is 4.79 Å². The molecule has 0 atom stereocenters. The molecule has 5 nitrogen and oxygen atoms in total. The largest absolute Gasteiger partial charge is 0.457 e. The molecule has 0 aliphatic rings. The molecule has 3 aromatic carbocycles. The molecule has 0 bridgehead atoms. The number of benzene rings is 3. The van der Waals surface area contributed by atoms with Crippen LogP contribution in [0.4, 0.5) is 5.69 Å². The molecule has 0 saturated heterocycles. The van der Waals surface area contributed by atoms with Crippen LogP contribution in [0.15, 0.2) is 75.6 Å². The summed E-state index contributed by atoms with van der Waals surface area (Å²) in [4.78, 5) is 17.2. The minimum Gasteiger partial charge on any atom is -0.457 e. The summed E-state index contributed by atoms with van der Waals surface area (Å²) in [6.45, 7) is 4.00. The maximum absolute atomic E-state index is 12.6. The second-order valence-corrected chi connectivity index (χ2v) is 9.46. The number of nitrogens with one attached hydrogen (secondary N) is 1. The van der Waals surface area contributed by atoms with Crippen LogP contribution in [0.1, 0.15) is 16.9 Å². The summed E-state index contributed by atoms with van der Waals surface area (Å²) >= 11 is 18.7. The van der Waals surface area contributed by atoms with E-state index in [1.807, 2.05) is 32.0 Å². The number of nitrogens with zero attached hydrogens (tertiary/aromatic N) is 1. The van der Waals surface area contributed by atoms with Crippen molar-refractivity contribution in [1.82, 2.24) is 4.98 Å². The molecule has 0 saturated carbocycles. The van der Waals surface area contributed by atoms with Gasteiger partial charge < -0.3 is 14.2 Å². The van der Waals surface area contributed by atoms with Crippen molar-refractivity contribution in [2.45, 2.75) is 13.8 Å². The Kier molecular flexibility index (Phi) is 6.63. The zero-order valence-corrected chi connectivity index (χ0v) is 21.5. The molecule has 0 radical (unpaired) electrons. The van der Waals surface area contributed by atoms with E-state index in [-0.39, 0.29) is 5.91 Å². The molecular weight excluding hydrogens is 519 g/mol. The molecule has 180 valence electrons. The van der Waals surface area contributed by atoms with E-state index in [1.165, 1.54) is 6.08 Å². The Morgan fingerprint density at radius 2 is 1.78 bits per heavy atom. The van der Waals surface area contributed by atoms with Crippen LogP contribution in [-0.4, -0.2) is 10.9 Å². The van der Waals surface area contributed by atoms with Crippen molar-refractivity contribution in [1.29, 1.82) is 0 Å². The lowest BCUT2D eigenvalue weighted by molar-refractivity contribution is -0.111. The van der Waals surface area contributed by atoms with E-state index in [2.05, 4.69) is 10.3 Å². The van der Waals surface area contributed by atoms with Gasteiger partial charge in [0.25, 0.3) is 0 Å². The summed E-state index contributed by atoms with van der Waals surface area (Å²) in [5.41, 5.74) is 5.43. The Morgan fingerprint density at radius 1 is 0.944 bits per heavy atom. The van der Waals surface area contributed by atoms with Gasteiger partial charge in [-0.05, 0) is 79.6 Å². The number of aromatic nitrogens is 1. The van der Waals surface area contributed by atoms with E-state index in [1.54, 1.807) is 48.5 Å². The Balaban J connectivity index is 1.34. The molecule has 0 spiro atoms. The maximum atomic E-state index is 12.6. The van der Waals surface area contributed by atoms with E-state index in [9.17, 15) is 4.79 Å². The molecule has 36 heavy (non-hydrogen) atoms. The zero-order chi connectivity index (χ0) is 25.4. The number of hydrogen-bond acceptors (Lipinski definition) is 4. The van der Waals surface area contributed by atoms with Crippen molar-refractivity contribution in [2.75, 3.05) is 5.32 Å². The third-order valence-corrected chi connectivity index (χ3v) is 6.68. The number of carbonyl (C=O) groups excluding carboxylic acids is 1. The first-order valence-corrected chi connectivity index (χ1v) is 12.1. The first-order chi connectivity index (χ1) is 17.3. The predicted molar refractivity (Wildman–Crippen MR) is 146 cm³/mol. The predicted octanol–water partition coefficient (Wildman–Crippen LogP) is 8.98. The lowest BCUT2D eigenvalue weighted by atomic mass is 10.1. The third kappa shape index (κ3) is 4.91. The van der Waals surface area contributed by atoms with E-state index >= 15 is 0 Å². The van der Waals surface area contributed by atoms with Crippen molar-refractivity contribution < 1.29 is 13.6 Å². The van der Waals surface area contributed by atoms with Crippen LogP contribution in [0.25, 0.3) is 40.0 Å². The number of oxazole rings is 1. The summed E-state index contributed by atoms with van der Waals surface area (Å²) in [6.07, 6.45) is 2.91. The van der Waals surface area contributed by atoms with Crippen LogP contribution in [0.5, 0.6) is 0 Å². The molecule has 1 amide bonds. The highest BCUT2D eigenvalue weighted by atomic mass is 35.5. The van der Waals surface area contributed by atoms with Gasteiger partial charge in [-0.2, -0.15) is 0 Å². The normalized spacial score (nSPS) is 11.5. The summed E-state index contributed by atoms with van der Waals surface area (Å²) < 4.78 is 11.8. The van der Waals surface area contributed by atoms with Crippen LogP contribution in [0.2, 0.25) is 15.1 Å². The number of carbonyl (C=O) groups is 1. The zero-order valence-electron chi connectivity index (χ0n) is 19.2. The molecule has 5 aromatic rings. The van der Waals surface area contributed by atoms with Gasteiger partial charge in [0.15, 0.2) is 5.58 Å². The van der Waals surface area contributed by atoms with Crippen LogP contribution in [0, 0.1) is 13.8 Å². The van der Waals surface area contributed by atoms with Crippen molar-refractivity contribution in [3.05, 3.63) is 98.7 Å². The van der Waals surface area contributed by atoms with Crippen LogP contribution < -0.4 is 5.32 Å². The molecule has 0 unspecified atom stereocenters. The van der Waals surface area contributed by atoms with Crippen molar-refractivity contribution in [3.63, 3.8) is 0 Å². The lowest BCUT2D eigenvalue weighted by Crippen LogP contribution is -2.08. The van der Waals surface area contributed by atoms with Gasteiger partial charge in [-0.25, -0.2) is 4.98 Å². The number of amides is 1. The molecule has 0 fully saturated rings. The van der Waals surface area contributed by atoms with E-state index in [0.29, 0.717) is 49.3 Å². The molecule has 5 rings (SSSR count). The van der Waals surface area contributed by atoms with Gasteiger partial charge in [0, 0.05) is 17.2 Å². The summed E-state index contributed by atoms with van der Waals surface area (Å²) in [5.74, 6) is 1.09. The summed E-state index contributed by atoms with van der Waals surface area (Å²) in [6, 6.07) is 18.0. The fraction of sp³-hybridized carbons (Fsp3) is 0.0714. The summed E-state index contributed by atoms with van der Waals surface area (Å²) in [7, 11) is 0. The minimum atomic E-state index is -0.378. The maximum Gasteiger partial charge on any atom is 0.248 e. The van der Waals surface area contributed by atoms with Gasteiger partial charge >= 0.3 is 0 Å². The Morgan fingerprint density at radius 3 is 2.61 bits per heavy atom. The van der Waals surface area contributed by atoms with Crippen molar-refractivity contribution in [3.8, 4) is 22.8 Å². The first kappa shape index (κ1) is 24.2. The molecule has 0 aliphatic carbocycles. The van der Waals surface area contributed by atoms with Gasteiger partial charge in [0.1, 0.15) is 17.0 Å². The Bertz CT molecular complexity index is 1650. The van der Waals surface area contributed by atoms with Crippen molar-refractivity contribution in [2.24, 2.45) is 0 Å². The number of anilines is 1. The van der Waals surface area contributed by atoms with E-state index in [4.69, 9.17) is 43.6 Å². The average Bonchev–Trinajstić information content (AvgIpc) is 3.48. The molecule has 0 aliphatic heterocycles. The highest BCUT2D eigenvalue weighted by Crippen LogP contribution is 2.35. The van der Waals surface area contributed by atoms with E-state index < -0.39 is 0 Å². The van der Waals surface area contributed by atoms with Crippen LogP contribution >= 0.6 is 34.8 Å². The van der Waals surface area contributed by atoms with Crippen LogP contribution in [0.3, 0.4) is 0 Å². The highest BCUT2D eigenvalue weighted by Gasteiger charge is 2.14. The summed E-state index contributed by atoms with van der Waals surface area (Å²) in [5, 5.41) is 4.02. The van der Waals surface area contributed by atoms with Gasteiger partial charge in [-0.3, -0.25) is 4.79 Å².